The molecule has 0 saturated carbocycles. The number of likely N-dealkylation sites (tertiary alicyclic amines) is 1. The second-order valence-electron chi connectivity index (χ2n) is 8.92. The van der Waals surface area contributed by atoms with E-state index >= 15 is 0 Å². The summed E-state index contributed by atoms with van der Waals surface area (Å²) in [6.07, 6.45) is 6.74. The third-order valence-corrected chi connectivity index (χ3v) is 6.87. The average Bonchev–Trinajstić information content (AvgIpc) is 3.23. The van der Waals surface area contributed by atoms with Gasteiger partial charge in [-0.15, -0.1) is 0 Å². The first-order valence-electron chi connectivity index (χ1n) is 11.8. The lowest BCUT2D eigenvalue weighted by molar-refractivity contribution is -0.596. The summed E-state index contributed by atoms with van der Waals surface area (Å²) in [6, 6.07) is 11.6. The molecule has 11 heteroatoms. The van der Waals surface area contributed by atoms with E-state index in [1.54, 1.807) is 43.3 Å². The third kappa shape index (κ3) is 6.34. The molecular formula is C26H29FN3O6P. The van der Waals surface area contributed by atoms with Crippen molar-refractivity contribution < 1.29 is 37.4 Å². The number of hydrogen-bond donors (Lipinski definition) is 1. The van der Waals surface area contributed by atoms with Crippen molar-refractivity contribution >= 4 is 19.8 Å². The molecule has 1 saturated heterocycles. The Bertz CT molecular complexity index is 1370. The fourth-order valence-electron chi connectivity index (χ4n) is 4.41. The lowest BCUT2D eigenvalue weighted by Crippen LogP contribution is -2.38. The molecule has 0 bridgehead atoms. The van der Waals surface area contributed by atoms with E-state index in [-0.39, 0.29) is 24.5 Å². The van der Waals surface area contributed by atoms with Crippen LogP contribution < -0.4 is 14.2 Å². The molecule has 0 spiro atoms. The fourth-order valence-corrected chi connectivity index (χ4v) is 4.68. The van der Waals surface area contributed by atoms with Crippen LogP contribution >= 0.6 is 7.82 Å². The van der Waals surface area contributed by atoms with Gasteiger partial charge in [0.05, 0.1) is 13.2 Å². The molecule has 4 rings (SSSR count). The summed E-state index contributed by atoms with van der Waals surface area (Å²) in [5.74, 6) is 0.192. The van der Waals surface area contributed by atoms with Gasteiger partial charge in [0.2, 0.25) is 5.91 Å². The summed E-state index contributed by atoms with van der Waals surface area (Å²) in [5, 5.41) is 0. The van der Waals surface area contributed by atoms with Crippen LogP contribution in [0.3, 0.4) is 0 Å². The van der Waals surface area contributed by atoms with Gasteiger partial charge in [0.25, 0.3) is 14.2 Å². The number of halogens is 1. The quantitative estimate of drug-likeness (QED) is 0.272. The maximum absolute atomic E-state index is 13.3. The van der Waals surface area contributed by atoms with E-state index in [9.17, 15) is 18.6 Å². The molecule has 1 aromatic heterocycles. The summed E-state index contributed by atoms with van der Waals surface area (Å²) in [7, 11) is -3.30. The van der Waals surface area contributed by atoms with E-state index < -0.39 is 7.82 Å². The van der Waals surface area contributed by atoms with Crippen LogP contribution in [0.15, 0.2) is 60.6 Å². The van der Waals surface area contributed by atoms with E-state index in [4.69, 9.17) is 9.63 Å². The Hall–Kier alpha value is -3.30. The minimum Gasteiger partial charge on any atom is -0.756 e. The molecule has 0 aliphatic carbocycles. The molecule has 2 heterocycles. The van der Waals surface area contributed by atoms with E-state index in [0.717, 1.165) is 17.5 Å². The third-order valence-electron chi connectivity index (χ3n) is 6.43. The Morgan fingerprint density at radius 2 is 2.00 bits per heavy atom. The zero-order chi connectivity index (χ0) is 26.7. The predicted molar refractivity (Wildman–Crippen MR) is 132 cm³/mol. The fraction of sp³-hybridized carbons (Fsp3) is 0.308. The Balaban J connectivity index is 1.56. The number of aryl methyl sites for hydroxylation is 1. The SMILES string of the molecule is COc1cc(/C=C2\CCCN([C@@H](C)c3ccc(F)cc3)C2=O)ccc1-[n+]1cc(C)n(COP(=O)([O-])O)c1. The zero-order valence-corrected chi connectivity index (χ0v) is 21.7. The van der Waals surface area contributed by atoms with Crippen molar-refractivity contribution in [2.24, 2.45) is 0 Å². The first-order valence-corrected chi connectivity index (χ1v) is 13.3. The highest BCUT2D eigenvalue weighted by molar-refractivity contribution is 7.44. The highest BCUT2D eigenvalue weighted by Crippen LogP contribution is 2.31. The molecule has 0 radical (unpaired) electrons. The van der Waals surface area contributed by atoms with Crippen molar-refractivity contribution in [2.45, 2.75) is 39.5 Å². The minimum atomic E-state index is -4.85. The van der Waals surface area contributed by atoms with E-state index in [0.29, 0.717) is 35.7 Å². The molecule has 1 aliphatic rings. The van der Waals surface area contributed by atoms with Gasteiger partial charge in [0.15, 0.2) is 18.2 Å². The molecule has 2 atom stereocenters. The van der Waals surface area contributed by atoms with Crippen LogP contribution in [-0.2, 0) is 20.6 Å². The van der Waals surface area contributed by atoms with Crippen LogP contribution in [-0.4, -0.2) is 33.9 Å². The summed E-state index contributed by atoms with van der Waals surface area (Å²) >= 11 is 0. The topological polar surface area (TPSA) is 108 Å². The van der Waals surface area contributed by atoms with Gasteiger partial charge in [-0.2, -0.15) is 4.57 Å². The molecule has 37 heavy (non-hydrogen) atoms. The lowest BCUT2D eigenvalue weighted by atomic mass is 9.97. The van der Waals surface area contributed by atoms with Gasteiger partial charge in [-0.05, 0) is 61.2 Å². The van der Waals surface area contributed by atoms with Crippen molar-refractivity contribution in [3.63, 3.8) is 0 Å². The molecule has 9 nitrogen and oxygen atoms in total. The number of methoxy groups -OCH3 is 1. The van der Waals surface area contributed by atoms with Crippen molar-refractivity contribution in [2.75, 3.05) is 13.7 Å². The Morgan fingerprint density at radius 3 is 2.68 bits per heavy atom. The van der Waals surface area contributed by atoms with Crippen LogP contribution in [0.5, 0.6) is 5.75 Å². The molecule has 1 fully saturated rings. The Kier molecular flexibility index (Phi) is 7.94. The number of rotatable bonds is 8. The molecule has 196 valence electrons. The number of benzene rings is 2. The average molecular weight is 530 g/mol. The van der Waals surface area contributed by atoms with Crippen LogP contribution in [0.25, 0.3) is 11.8 Å². The number of carbonyl (C=O) groups excluding carboxylic acids is 1. The first-order chi connectivity index (χ1) is 17.6. The van der Waals surface area contributed by atoms with Gasteiger partial charge in [0.1, 0.15) is 17.7 Å². The van der Waals surface area contributed by atoms with E-state index in [1.165, 1.54) is 16.7 Å². The monoisotopic (exact) mass is 529 g/mol. The number of amides is 1. The van der Waals surface area contributed by atoms with Crippen LogP contribution in [0.1, 0.15) is 42.6 Å². The van der Waals surface area contributed by atoms with Gasteiger partial charge >= 0.3 is 0 Å². The number of ether oxygens (including phenoxy) is 1. The number of carbonyl (C=O) groups is 1. The number of hydrogen-bond acceptors (Lipinski definition) is 5. The molecule has 1 amide bonds. The van der Waals surface area contributed by atoms with Gasteiger partial charge in [-0.1, -0.05) is 18.2 Å². The van der Waals surface area contributed by atoms with Crippen molar-refractivity contribution in [1.82, 2.24) is 9.47 Å². The highest BCUT2D eigenvalue weighted by atomic mass is 31.2. The zero-order valence-electron chi connectivity index (χ0n) is 20.8. The standard InChI is InChI=1S/C26H29FN3O6P/c1-18-15-28(16-29(18)17-36-37(32,33)34)24-11-6-20(14-25(24)35-3)13-22-5-4-12-30(26(22)31)19(2)21-7-9-23(27)10-8-21/h6-11,13-16,19H,4-5,12,17H2,1-3H3,(H-,32,33,34)/b22-13+/t19-/m0/s1. The van der Waals surface area contributed by atoms with E-state index in [2.05, 4.69) is 4.52 Å². The molecule has 3 aromatic rings. The summed E-state index contributed by atoms with van der Waals surface area (Å²) < 4.78 is 37.6. The summed E-state index contributed by atoms with van der Waals surface area (Å²) in [5.41, 5.74) is 3.76. The van der Waals surface area contributed by atoms with Gasteiger partial charge < -0.3 is 19.4 Å². The minimum absolute atomic E-state index is 0.0484. The summed E-state index contributed by atoms with van der Waals surface area (Å²) in [4.78, 5) is 34.9. The highest BCUT2D eigenvalue weighted by Gasteiger charge is 2.28. The normalized spacial score (nSPS) is 17.6. The molecule has 2 aromatic carbocycles. The maximum Gasteiger partial charge on any atom is 0.268 e. The second kappa shape index (κ2) is 11.0. The van der Waals surface area contributed by atoms with Crippen LogP contribution in [0, 0.1) is 12.7 Å². The number of piperidine rings is 1. The van der Waals surface area contributed by atoms with Gasteiger partial charge in [-0.3, -0.25) is 13.9 Å². The molecule has 1 unspecified atom stereocenters. The largest absolute Gasteiger partial charge is 0.756 e. The van der Waals surface area contributed by atoms with E-state index in [1.807, 2.05) is 36.1 Å². The summed E-state index contributed by atoms with van der Waals surface area (Å²) in [6.45, 7) is 3.98. The maximum atomic E-state index is 13.3. The van der Waals surface area contributed by atoms with Gasteiger partial charge in [-0.25, -0.2) is 8.96 Å². The number of phosphoric ester groups is 1. The molecular weight excluding hydrogens is 500 g/mol. The van der Waals surface area contributed by atoms with Crippen LogP contribution in [0.2, 0.25) is 0 Å². The Labute approximate surface area is 214 Å². The number of nitrogens with zero attached hydrogens (tertiary/aromatic N) is 3. The van der Waals surface area contributed by atoms with Crippen LogP contribution in [0.4, 0.5) is 4.39 Å². The molecule has 1 N–H and O–H groups in total. The Morgan fingerprint density at radius 1 is 1.27 bits per heavy atom. The van der Waals surface area contributed by atoms with Gasteiger partial charge in [0, 0.05) is 19.0 Å². The van der Waals surface area contributed by atoms with Crippen molar-refractivity contribution in [1.29, 1.82) is 0 Å². The van der Waals surface area contributed by atoms with Crippen molar-refractivity contribution in [3.05, 3.63) is 83.2 Å². The lowest BCUT2D eigenvalue weighted by Gasteiger charge is -2.34. The second-order valence-corrected chi connectivity index (χ2v) is 10.1. The molecule has 1 aliphatic heterocycles. The number of imidazole rings is 1. The predicted octanol–water partition coefficient (Wildman–Crippen LogP) is 3.42. The first kappa shape index (κ1) is 26.8. The van der Waals surface area contributed by atoms with Crippen molar-refractivity contribution in [3.8, 4) is 11.4 Å². The number of aromatic nitrogens is 2. The smallest absolute Gasteiger partial charge is 0.268 e. The number of phosphoric acid groups is 1.